The quantitative estimate of drug-likeness (QED) is 0.388. The Kier molecular flexibility index (Phi) is 9.56. The first-order chi connectivity index (χ1) is 16.3. The first kappa shape index (κ1) is 26.3. The van der Waals surface area contributed by atoms with Crippen LogP contribution in [0.15, 0.2) is 63.9 Å². The van der Waals surface area contributed by atoms with E-state index >= 15 is 0 Å². The topological polar surface area (TPSA) is 71.2 Å². The SMILES string of the molecule is CCN(CC)CCNC(=O)c1ccc(-c2cnc(N)c(SC(C)C3=C(Cl)CCC(F)=C3)c2)cc1. The summed E-state index contributed by atoms with van der Waals surface area (Å²) in [4.78, 5) is 19.9. The number of aromatic nitrogens is 1. The van der Waals surface area contributed by atoms with Crippen LogP contribution in [0.5, 0.6) is 0 Å². The molecular formula is C26H32ClFN4OS. The standard InChI is InChI=1S/C26H32ClFN4OS/c1-4-32(5-2)13-12-30-26(33)19-8-6-18(7-9-19)20-14-24(25(29)31-16-20)34-17(3)22-15-21(28)10-11-23(22)27/h6-9,14-17H,4-5,10-13H2,1-3H3,(H2,29,31)(H,30,33). The van der Waals surface area contributed by atoms with E-state index in [4.69, 9.17) is 17.3 Å². The fourth-order valence-corrected chi connectivity index (χ4v) is 5.24. The van der Waals surface area contributed by atoms with E-state index in [2.05, 4.69) is 29.0 Å². The van der Waals surface area contributed by atoms with E-state index in [1.807, 2.05) is 37.3 Å². The van der Waals surface area contributed by atoms with Crippen molar-refractivity contribution in [3.63, 3.8) is 0 Å². The van der Waals surface area contributed by atoms with E-state index in [1.165, 1.54) is 17.8 Å². The Morgan fingerprint density at radius 1 is 1.24 bits per heavy atom. The molecule has 34 heavy (non-hydrogen) atoms. The van der Waals surface area contributed by atoms with Crippen LogP contribution in [-0.2, 0) is 0 Å². The zero-order valence-electron chi connectivity index (χ0n) is 19.9. The summed E-state index contributed by atoms with van der Waals surface area (Å²) < 4.78 is 13.8. The first-order valence-electron chi connectivity index (χ1n) is 11.6. The molecule has 2 aromatic rings. The lowest BCUT2D eigenvalue weighted by Gasteiger charge is -2.19. The van der Waals surface area contributed by atoms with E-state index in [1.54, 1.807) is 6.20 Å². The van der Waals surface area contributed by atoms with Crippen LogP contribution in [-0.4, -0.2) is 47.2 Å². The maximum Gasteiger partial charge on any atom is 0.251 e. The second kappa shape index (κ2) is 12.4. The number of pyridine rings is 1. The summed E-state index contributed by atoms with van der Waals surface area (Å²) in [6.07, 6.45) is 4.12. The molecule has 0 saturated heterocycles. The Hall–Kier alpha value is -2.35. The summed E-state index contributed by atoms with van der Waals surface area (Å²) in [5.41, 5.74) is 9.36. The van der Waals surface area contributed by atoms with Crippen LogP contribution >= 0.6 is 23.4 Å². The molecule has 1 aromatic carbocycles. The maximum atomic E-state index is 13.8. The Bertz CT molecular complexity index is 1070. The molecule has 182 valence electrons. The minimum Gasteiger partial charge on any atom is -0.383 e. The van der Waals surface area contributed by atoms with Gasteiger partial charge in [-0.15, -0.1) is 11.8 Å². The van der Waals surface area contributed by atoms with Gasteiger partial charge in [0.15, 0.2) is 0 Å². The van der Waals surface area contributed by atoms with Gasteiger partial charge in [-0.2, -0.15) is 0 Å². The van der Waals surface area contributed by atoms with Gasteiger partial charge in [0.25, 0.3) is 5.91 Å². The van der Waals surface area contributed by atoms with Crippen molar-refractivity contribution in [3.8, 4) is 11.1 Å². The highest BCUT2D eigenvalue weighted by atomic mass is 35.5. The summed E-state index contributed by atoms with van der Waals surface area (Å²) in [5, 5.41) is 3.59. The summed E-state index contributed by atoms with van der Waals surface area (Å²) in [6, 6.07) is 9.41. The molecule has 1 amide bonds. The van der Waals surface area contributed by atoms with Crippen LogP contribution in [0.2, 0.25) is 0 Å². The molecule has 0 fully saturated rings. The van der Waals surface area contributed by atoms with E-state index < -0.39 is 0 Å². The molecule has 1 aliphatic rings. The lowest BCUT2D eigenvalue weighted by atomic mass is 10.0. The number of carbonyl (C=O) groups excluding carboxylic acids is 1. The number of allylic oxidation sites excluding steroid dienone is 3. The van der Waals surface area contributed by atoms with Crippen LogP contribution in [0.25, 0.3) is 11.1 Å². The Labute approximate surface area is 210 Å². The molecule has 8 heteroatoms. The molecule has 1 heterocycles. The predicted molar refractivity (Wildman–Crippen MR) is 141 cm³/mol. The van der Waals surface area contributed by atoms with Crippen molar-refractivity contribution in [2.75, 3.05) is 31.9 Å². The summed E-state index contributed by atoms with van der Waals surface area (Å²) in [6.45, 7) is 9.58. The minimum atomic E-state index is -0.149. The number of nitrogen functional groups attached to an aromatic ring is 1. The number of hydrogen-bond donors (Lipinski definition) is 2. The van der Waals surface area contributed by atoms with Gasteiger partial charge in [0.05, 0.1) is 4.90 Å². The highest BCUT2D eigenvalue weighted by molar-refractivity contribution is 8.00. The molecule has 5 nitrogen and oxygen atoms in total. The number of nitrogens with one attached hydrogen (secondary N) is 1. The van der Waals surface area contributed by atoms with Crippen molar-refractivity contribution in [1.29, 1.82) is 0 Å². The number of amides is 1. The van der Waals surface area contributed by atoms with Gasteiger partial charge in [-0.3, -0.25) is 4.79 Å². The Morgan fingerprint density at radius 2 is 1.94 bits per heavy atom. The molecule has 0 aliphatic heterocycles. The van der Waals surface area contributed by atoms with Crippen molar-refractivity contribution >= 4 is 35.1 Å². The fourth-order valence-electron chi connectivity index (χ4n) is 3.78. The highest BCUT2D eigenvalue weighted by Crippen LogP contribution is 2.38. The Morgan fingerprint density at radius 3 is 2.62 bits per heavy atom. The average molecular weight is 503 g/mol. The normalized spacial score (nSPS) is 14.8. The number of anilines is 1. The third-order valence-corrected chi connectivity index (χ3v) is 7.52. The number of rotatable bonds is 10. The molecule has 1 atom stereocenters. The summed E-state index contributed by atoms with van der Waals surface area (Å²) in [7, 11) is 0. The number of halogens is 2. The number of nitrogens with zero attached hydrogens (tertiary/aromatic N) is 2. The number of likely N-dealkylation sites (N-methyl/N-ethyl adjacent to an activating group) is 1. The monoisotopic (exact) mass is 502 g/mol. The van der Waals surface area contributed by atoms with Crippen molar-refractivity contribution < 1.29 is 9.18 Å². The van der Waals surface area contributed by atoms with E-state index in [-0.39, 0.29) is 17.0 Å². The van der Waals surface area contributed by atoms with Crippen molar-refractivity contribution in [2.45, 2.75) is 43.8 Å². The van der Waals surface area contributed by atoms with E-state index in [0.717, 1.165) is 41.2 Å². The number of nitrogens with two attached hydrogens (primary N) is 1. The second-order valence-corrected chi connectivity index (χ2v) is 10.0. The molecule has 1 unspecified atom stereocenters. The van der Waals surface area contributed by atoms with Gasteiger partial charge >= 0.3 is 0 Å². The van der Waals surface area contributed by atoms with Gasteiger partial charge in [0, 0.05) is 47.1 Å². The lowest BCUT2D eigenvalue weighted by Crippen LogP contribution is -2.34. The Balaban J connectivity index is 1.69. The zero-order chi connectivity index (χ0) is 24.7. The van der Waals surface area contributed by atoms with E-state index in [0.29, 0.717) is 35.8 Å². The van der Waals surface area contributed by atoms with Gasteiger partial charge in [-0.05, 0) is 61.8 Å². The molecule has 1 aromatic heterocycles. The predicted octanol–water partition coefficient (Wildman–Crippen LogP) is 6.02. The van der Waals surface area contributed by atoms with Gasteiger partial charge < -0.3 is 16.0 Å². The second-order valence-electron chi connectivity index (χ2n) is 8.18. The number of hydrogen-bond acceptors (Lipinski definition) is 5. The van der Waals surface area contributed by atoms with E-state index in [9.17, 15) is 9.18 Å². The lowest BCUT2D eigenvalue weighted by molar-refractivity contribution is 0.0949. The van der Waals surface area contributed by atoms with Gasteiger partial charge in [-0.1, -0.05) is 37.6 Å². The largest absolute Gasteiger partial charge is 0.383 e. The van der Waals surface area contributed by atoms with Crippen LogP contribution in [0.4, 0.5) is 10.2 Å². The summed E-state index contributed by atoms with van der Waals surface area (Å²) in [5.74, 6) is 0.183. The highest BCUT2D eigenvalue weighted by Gasteiger charge is 2.19. The molecule has 0 spiro atoms. The molecule has 0 saturated carbocycles. The van der Waals surface area contributed by atoms with Gasteiger partial charge in [-0.25, -0.2) is 9.37 Å². The smallest absolute Gasteiger partial charge is 0.251 e. The zero-order valence-corrected chi connectivity index (χ0v) is 21.5. The first-order valence-corrected chi connectivity index (χ1v) is 12.9. The van der Waals surface area contributed by atoms with Crippen LogP contribution < -0.4 is 11.1 Å². The average Bonchev–Trinajstić information content (AvgIpc) is 2.84. The summed E-state index contributed by atoms with van der Waals surface area (Å²) >= 11 is 7.86. The van der Waals surface area contributed by atoms with Crippen molar-refractivity contribution in [1.82, 2.24) is 15.2 Å². The molecule has 0 bridgehead atoms. The third-order valence-electron chi connectivity index (χ3n) is 5.92. The molecule has 0 radical (unpaired) electrons. The van der Waals surface area contributed by atoms with Crippen LogP contribution in [0.1, 0.15) is 44.0 Å². The number of benzene rings is 1. The van der Waals surface area contributed by atoms with Crippen LogP contribution in [0, 0.1) is 0 Å². The fraction of sp³-hybridized carbons (Fsp3) is 0.385. The van der Waals surface area contributed by atoms with Gasteiger partial charge in [0.1, 0.15) is 11.6 Å². The number of carbonyl (C=O) groups is 1. The molecule has 3 rings (SSSR count). The maximum absolute atomic E-state index is 13.8. The minimum absolute atomic E-state index is 0.0692. The van der Waals surface area contributed by atoms with Crippen molar-refractivity contribution in [3.05, 3.63) is 64.6 Å². The third kappa shape index (κ3) is 6.84. The van der Waals surface area contributed by atoms with Crippen molar-refractivity contribution in [2.24, 2.45) is 0 Å². The molecule has 3 N–H and O–H groups in total. The van der Waals surface area contributed by atoms with Crippen LogP contribution in [0.3, 0.4) is 0 Å². The van der Waals surface area contributed by atoms with Gasteiger partial charge in [0.2, 0.25) is 0 Å². The molecule has 1 aliphatic carbocycles. The number of thioether (sulfide) groups is 1. The molecular weight excluding hydrogens is 471 g/mol.